The molecule has 2 aliphatic carbocycles. The van der Waals surface area contributed by atoms with Crippen molar-refractivity contribution in [3.05, 3.63) is 0 Å². The van der Waals surface area contributed by atoms with Gasteiger partial charge in [-0.3, -0.25) is 4.79 Å². The van der Waals surface area contributed by atoms with E-state index in [2.05, 4.69) is 17.6 Å². The Morgan fingerprint density at radius 3 is 2.52 bits per heavy atom. The average Bonchev–Trinajstić information content (AvgIpc) is 3.24. The largest absolute Gasteiger partial charge is 0.481 e. The van der Waals surface area contributed by atoms with Gasteiger partial charge in [0, 0.05) is 13.1 Å². The molecule has 0 aromatic heterocycles. The Morgan fingerprint density at radius 2 is 1.90 bits per heavy atom. The predicted octanol–water partition coefficient (Wildman–Crippen LogP) is 2.76. The summed E-state index contributed by atoms with van der Waals surface area (Å²) in [5.41, 5.74) is 0.348. The zero-order valence-corrected chi connectivity index (χ0v) is 13.0. The van der Waals surface area contributed by atoms with Crippen molar-refractivity contribution in [3.8, 4) is 0 Å². The first-order chi connectivity index (χ1) is 10.1. The third kappa shape index (κ3) is 4.61. The quantitative estimate of drug-likeness (QED) is 0.676. The van der Waals surface area contributed by atoms with Crippen LogP contribution in [0.25, 0.3) is 0 Å². The van der Waals surface area contributed by atoms with Crippen LogP contribution in [0.2, 0.25) is 0 Å². The minimum Gasteiger partial charge on any atom is -0.481 e. The van der Waals surface area contributed by atoms with Crippen LogP contribution < -0.4 is 10.6 Å². The number of carbonyl (C=O) groups excluding carboxylic acids is 1. The zero-order chi connectivity index (χ0) is 15.3. The second kappa shape index (κ2) is 7.14. The van der Waals surface area contributed by atoms with Crippen molar-refractivity contribution in [1.29, 1.82) is 0 Å². The van der Waals surface area contributed by atoms with E-state index in [1.165, 1.54) is 19.3 Å². The fourth-order valence-electron chi connectivity index (χ4n) is 3.55. The van der Waals surface area contributed by atoms with Crippen LogP contribution in [0.5, 0.6) is 0 Å². The monoisotopic (exact) mass is 296 g/mol. The highest BCUT2D eigenvalue weighted by atomic mass is 16.4. The molecule has 21 heavy (non-hydrogen) atoms. The minimum absolute atomic E-state index is 0.0764. The Labute approximate surface area is 126 Å². The minimum atomic E-state index is -0.721. The maximum Gasteiger partial charge on any atom is 0.314 e. The van der Waals surface area contributed by atoms with Gasteiger partial charge in [0.25, 0.3) is 0 Å². The molecule has 0 saturated heterocycles. The maximum atomic E-state index is 11.9. The Kier molecular flexibility index (Phi) is 5.48. The summed E-state index contributed by atoms with van der Waals surface area (Å²) < 4.78 is 0. The van der Waals surface area contributed by atoms with Crippen LogP contribution in [0.4, 0.5) is 4.79 Å². The molecule has 120 valence electrons. The second-order valence-electron chi connectivity index (χ2n) is 6.80. The number of hydrogen-bond donors (Lipinski definition) is 3. The molecule has 0 aromatic carbocycles. The first-order valence-electron chi connectivity index (χ1n) is 8.31. The molecule has 0 aromatic rings. The van der Waals surface area contributed by atoms with E-state index in [4.69, 9.17) is 0 Å². The van der Waals surface area contributed by atoms with Gasteiger partial charge in [0.05, 0.1) is 5.92 Å². The van der Waals surface area contributed by atoms with E-state index < -0.39 is 5.97 Å². The van der Waals surface area contributed by atoms with Gasteiger partial charge in [-0.05, 0) is 43.4 Å². The molecule has 0 radical (unpaired) electrons. The highest BCUT2D eigenvalue weighted by molar-refractivity contribution is 5.74. The number of amides is 2. The predicted molar refractivity (Wildman–Crippen MR) is 81.1 cm³/mol. The lowest BCUT2D eigenvalue weighted by Gasteiger charge is -2.28. The number of carbonyl (C=O) groups is 2. The summed E-state index contributed by atoms with van der Waals surface area (Å²) in [5.74, 6) is -0.941. The zero-order valence-electron chi connectivity index (χ0n) is 13.0. The molecule has 3 N–H and O–H groups in total. The van der Waals surface area contributed by atoms with Gasteiger partial charge >= 0.3 is 12.0 Å². The molecule has 2 rings (SSSR count). The number of urea groups is 1. The SMILES string of the molecule is CCCC1(CNC(=O)NCC2CCCCC2C(=O)O)CC1. The van der Waals surface area contributed by atoms with E-state index in [1.807, 2.05) is 0 Å². The van der Waals surface area contributed by atoms with E-state index in [-0.39, 0.29) is 17.9 Å². The Balaban J connectivity index is 1.69. The fourth-order valence-corrected chi connectivity index (χ4v) is 3.55. The van der Waals surface area contributed by atoms with Crippen LogP contribution in [0, 0.1) is 17.3 Å². The van der Waals surface area contributed by atoms with Gasteiger partial charge in [-0.1, -0.05) is 26.2 Å². The molecule has 2 unspecified atom stereocenters. The molecule has 2 amide bonds. The number of nitrogens with one attached hydrogen (secondary N) is 2. The third-order valence-corrected chi connectivity index (χ3v) is 5.11. The van der Waals surface area contributed by atoms with E-state index in [1.54, 1.807) is 0 Å². The molecule has 0 heterocycles. The molecule has 0 spiro atoms. The number of aliphatic carboxylic acids is 1. The summed E-state index contributed by atoms with van der Waals surface area (Å²) in [6.45, 7) is 3.40. The number of rotatable bonds is 7. The first kappa shape index (κ1) is 16.1. The molecule has 5 heteroatoms. The Morgan fingerprint density at radius 1 is 1.19 bits per heavy atom. The summed E-state index contributed by atoms with van der Waals surface area (Å²) in [7, 11) is 0. The summed E-state index contributed by atoms with van der Waals surface area (Å²) in [5, 5.41) is 15.0. The van der Waals surface area contributed by atoms with Crippen molar-refractivity contribution >= 4 is 12.0 Å². The second-order valence-corrected chi connectivity index (χ2v) is 6.80. The van der Waals surface area contributed by atoms with E-state index in [0.717, 1.165) is 38.6 Å². The number of carboxylic acids is 1. The van der Waals surface area contributed by atoms with Crippen LogP contribution in [0.15, 0.2) is 0 Å². The van der Waals surface area contributed by atoms with Gasteiger partial charge in [-0.25, -0.2) is 4.79 Å². The molecule has 2 atom stereocenters. The van der Waals surface area contributed by atoms with Crippen molar-refractivity contribution in [2.24, 2.45) is 17.3 Å². The van der Waals surface area contributed by atoms with Gasteiger partial charge in [-0.15, -0.1) is 0 Å². The van der Waals surface area contributed by atoms with E-state index in [9.17, 15) is 14.7 Å². The highest BCUT2D eigenvalue weighted by Gasteiger charge is 2.41. The molecular weight excluding hydrogens is 268 g/mol. The van der Waals surface area contributed by atoms with Gasteiger partial charge in [0.2, 0.25) is 0 Å². The average molecular weight is 296 g/mol. The van der Waals surface area contributed by atoms with Crippen molar-refractivity contribution < 1.29 is 14.7 Å². The molecule has 0 aliphatic heterocycles. The van der Waals surface area contributed by atoms with E-state index in [0.29, 0.717) is 12.0 Å². The highest BCUT2D eigenvalue weighted by Crippen LogP contribution is 2.48. The van der Waals surface area contributed by atoms with Crippen LogP contribution in [-0.2, 0) is 4.79 Å². The number of hydrogen-bond acceptors (Lipinski definition) is 2. The van der Waals surface area contributed by atoms with Crippen molar-refractivity contribution in [2.75, 3.05) is 13.1 Å². The molecule has 2 aliphatic rings. The molecule has 0 bridgehead atoms. The summed E-state index contributed by atoms with van der Waals surface area (Å²) in [6.07, 6.45) is 8.45. The first-order valence-corrected chi connectivity index (χ1v) is 8.31. The van der Waals surface area contributed by atoms with Crippen molar-refractivity contribution in [3.63, 3.8) is 0 Å². The standard InChI is InChI=1S/C16H28N2O3/c1-2-7-16(8-9-16)11-18-15(21)17-10-12-5-3-4-6-13(12)14(19)20/h12-13H,2-11H2,1H3,(H,19,20)(H2,17,18,21). The summed E-state index contributed by atoms with van der Waals surface area (Å²) >= 11 is 0. The van der Waals surface area contributed by atoms with Crippen molar-refractivity contribution in [2.45, 2.75) is 58.3 Å². The van der Waals surface area contributed by atoms with Crippen LogP contribution >= 0.6 is 0 Å². The third-order valence-electron chi connectivity index (χ3n) is 5.11. The topological polar surface area (TPSA) is 78.4 Å². The van der Waals surface area contributed by atoms with Gasteiger partial charge < -0.3 is 15.7 Å². The molecular formula is C16H28N2O3. The van der Waals surface area contributed by atoms with Gasteiger partial charge in [0.15, 0.2) is 0 Å². The van der Waals surface area contributed by atoms with E-state index >= 15 is 0 Å². The summed E-state index contributed by atoms with van der Waals surface area (Å²) in [6, 6.07) is -0.146. The van der Waals surface area contributed by atoms with Crippen LogP contribution in [-0.4, -0.2) is 30.2 Å². The number of carboxylic acid groups (broad SMARTS) is 1. The molecule has 2 saturated carbocycles. The smallest absolute Gasteiger partial charge is 0.314 e. The van der Waals surface area contributed by atoms with Crippen LogP contribution in [0.3, 0.4) is 0 Å². The normalized spacial score (nSPS) is 26.9. The van der Waals surface area contributed by atoms with Crippen molar-refractivity contribution in [1.82, 2.24) is 10.6 Å². The maximum absolute atomic E-state index is 11.9. The lowest BCUT2D eigenvalue weighted by molar-refractivity contribution is -0.144. The summed E-state index contributed by atoms with van der Waals surface area (Å²) in [4.78, 5) is 23.1. The van der Waals surface area contributed by atoms with Gasteiger partial charge in [-0.2, -0.15) is 0 Å². The molecule has 2 fully saturated rings. The lowest BCUT2D eigenvalue weighted by Crippen LogP contribution is -2.43. The fraction of sp³-hybridized carbons (Fsp3) is 0.875. The Bertz CT molecular complexity index is 380. The van der Waals surface area contributed by atoms with Crippen LogP contribution in [0.1, 0.15) is 58.3 Å². The molecule has 5 nitrogen and oxygen atoms in total. The Hall–Kier alpha value is -1.26. The lowest BCUT2D eigenvalue weighted by atomic mass is 9.79. The van der Waals surface area contributed by atoms with Gasteiger partial charge in [0.1, 0.15) is 0 Å².